The molecule has 0 atom stereocenters. The third-order valence-electron chi connectivity index (χ3n) is 2.49. The summed E-state index contributed by atoms with van der Waals surface area (Å²) in [4.78, 5) is 7.97. The van der Waals surface area contributed by atoms with Crippen LogP contribution < -0.4 is 11.1 Å². The molecule has 0 amide bonds. The van der Waals surface area contributed by atoms with Gasteiger partial charge in [0.25, 0.3) is 0 Å². The van der Waals surface area contributed by atoms with Gasteiger partial charge < -0.3 is 15.5 Å². The summed E-state index contributed by atoms with van der Waals surface area (Å²) in [6, 6.07) is 3.59. The Labute approximate surface area is 108 Å². The van der Waals surface area contributed by atoms with Crippen molar-refractivity contribution in [3.63, 3.8) is 0 Å². The van der Waals surface area contributed by atoms with Gasteiger partial charge in [0.2, 0.25) is 5.88 Å². The number of nitrogens with two attached hydrogens (primary N) is 1. The molecule has 0 saturated heterocycles. The van der Waals surface area contributed by atoms with Gasteiger partial charge in [0.15, 0.2) is 5.58 Å². The fourth-order valence-corrected chi connectivity index (χ4v) is 1.90. The van der Waals surface area contributed by atoms with E-state index in [4.69, 9.17) is 21.8 Å². The maximum absolute atomic E-state index is 5.88. The van der Waals surface area contributed by atoms with Gasteiger partial charge in [-0.3, -0.25) is 9.97 Å². The maximum atomic E-state index is 5.88. The molecule has 0 unspecified atom stereocenters. The predicted octanol–water partition coefficient (Wildman–Crippen LogP) is 3.20. The molecule has 3 N–H and O–H groups in total. The fraction of sp³-hybridized carbons (Fsp3) is 0. The number of anilines is 3. The summed E-state index contributed by atoms with van der Waals surface area (Å²) in [5.74, 6) is 0.304. The van der Waals surface area contributed by atoms with Crippen LogP contribution in [-0.2, 0) is 0 Å². The average Bonchev–Trinajstić information content (AvgIpc) is 2.66. The van der Waals surface area contributed by atoms with Gasteiger partial charge in [0, 0.05) is 17.8 Å². The molecule has 18 heavy (non-hydrogen) atoms. The zero-order chi connectivity index (χ0) is 12.5. The Balaban J connectivity index is 2.07. The van der Waals surface area contributed by atoms with Gasteiger partial charge in [-0.2, -0.15) is 0 Å². The van der Waals surface area contributed by atoms with Crippen LogP contribution in [0.15, 0.2) is 41.3 Å². The van der Waals surface area contributed by atoms with Gasteiger partial charge in [0.1, 0.15) is 5.69 Å². The predicted molar refractivity (Wildman–Crippen MR) is 71.0 cm³/mol. The van der Waals surface area contributed by atoms with Crippen molar-refractivity contribution in [2.45, 2.75) is 0 Å². The number of hydrogen-bond acceptors (Lipinski definition) is 5. The molecular formula is C12H9ClN4O. The second-order valence-corrected chi connectivity index (χ2v) is 4.17. The van der Waals surface area contributed by atoms with E-state index in [-0.39, 0.29) is 0 Å². The third kappa shape index (κ3) is 1.84. The molecule has 0 bridgehead atoms. The number of nitrogen functional groups attached to an aromatic ring is 1. The first-order chi connectivity index (χ1) is 8.74. The number of halogens is 1. The van der Waals surface area contributed by atoms with E-state index in [9.17, 15) is 0 Å². The van der Waals surface area contributed by atoms with E-state index in [1.807, 2.05) is 6.07 Å². The average molecular weight is 261 g/mol. The van der Waals surface area contributed by atoms with Crippen molar-refractivity contribution in [1.82, 2.24) is 9.97 Å². The zero-order valence-electron chi connectivity index (χ0n) is 9.22. The molecule has 0 aliphatic heterocycles. The van der Waals surface area contributed by atoms with Crippen molar-refractivity contribution in [2.75, 3.05) is 11.1 Å². The molecule has 0 aliphatic rings. The minimum atomic E-state index is 0.304. The Morgan fingerprint density at radius 1 is 1.22 bits per heavy atom. The summed E-state index contributed by atoms with van der Waals surface area (Å²) in [6.07, 6.45) is 6.52. The van der Waals surface area contributed by atoms with Crippen LogP contribution in [0.5, 0.6) is 0 Å². The number of nitrogens with one attached hydrogen (secondary N) is 1. The van der Waals surface area contributed by atoms with E-state index in [1.165, 1.54) is 0 Å². The first-order valence-corrected chi connectivity index (χ1v) is 5.61. The molecule has 6 heteroatoms. The number of furan rings is 1. The number of hydrogen-bond donors (Lipinski definition) is 2. The molecule has 0 aromatic carbocycles. The minimum Gasteiger partial charge on any atom is -0.437 e. The summed E-state index contributed by atoms with van der Waals surface area (Å²) >= 11 is 5.88. The number of fused-ring (bicyclic) bond motifs is 1. The van der Waals surface area contributed by atoms with Gasteiger partial charge >= 0.3 is 0 Å². The summed E-state index contributed by atoms with van der Waals surface area (Å²) in [5.41, 5.74) is 7.90. The van der Waals surface area contributed by atoms with E-state index in [0.717, 1.165) is 11.1 Å². The smallest absolute Gasteiger partial charge is 0.215 e. The molecule has 3 heterocycles. The molecule has 0 saturated carbocycles. The normalized spacial score (nSPS) is 10.7. The lowest BCUT2D eigenvalue weighted by Crippen LogP contribution is -1.94. The van der Waals surface area contributed by atoms with Crippen molar-refractivity contribution in [2.24, 2.45) is 0 Å². The lowest BCUT2D eigenvalue weighted by atomic mass is 10.2. The lowest BCUT2D eigenvalue weighted by molar-refractivity contribution is 0.636. The summed E-state index contributed by atoms with van der Waals surface area (Å²) in [5, 5.41) is 4.56. The van der Waals surface area contributed by atoms with E-state index in [2.05, 4.69) is 15.3 Å². The second-order valence-electron chi connectivity index (χ2n) is 3.73. The summed E-state index contributed by atoms with van der Waals surface area (Å²) in [7, 11) is 0. The maximum Gasteiger partial charge on any atom is 0.215 e. The van der Waals surface area contributed by atoms with Crippen LogP contribution in [0.2, 0.25) is 5.02 Å². The molecule has 90 valence electrons. The minimum absolute atomic E-state index is 0.304. The molecule has 0 aliphatic carbocycles. The topological polar surface area (TPSA) is 77.0 Å². The number of aromatic nitrogens is 2. The summed E-state index contributed by atoms with van der Waals surface area (Å²) < 4.78 is 5.40. The third-order valence-corrected chi connectivity index (χ3v) is 2.70. The highest BCUT2D eigenvalue weighted by Gasteiger charge is 2.11. The SMILES string of the molecule is Nc1oc2cnccc2c1Nc1cncc(Cl)c1. The standard InChI is InChI=1S/C12H9ClN4O/c13-7-3-8(5-16-4-7)17-11-9-1-2-15-6-10(9)18-12(11)14/h1-6,17H,14H2. The van der Waals surface area contributed by atoms with Crippen LogP contribution in [0, 0.1) is 0 Å². The van der Waals surface area contributed by atoms with Crippen molar-refractivity contribution in [3.05, 3.63) is 41.9 Å². The van der Waals surface area contributed by atoms with Crippen molar-refractivity contribution < 1.29 is 4.42 Å². The number of pyridine rings is 2. The summed E-state index contributed by atoms with van der Waals surface area (Å²) in [6.45, 7) is 0. The van der Waals surface area contributed by atoms with E-state index in [1.54, 1.807) is 30.9 Å². The van der Waals surface area contributed by atoms with Crippen LogP contribution in [0.4, 0.5) is 17.3 Å². The van der Waals surface area contributed by atoms with Crippen LogP contribution in [0.1, 0.15) is 0 Å². The molecule has 0 spiro atoms. The highest BCUT2D eigenvalue weighted by molar-refractivity contribution is 6.30. The van der Waals surface area contributed by atoms with Gasteiger partial charge in [0.05, 0.1) is 23.1 Å². The Morgan fingerprint density at radius 3 is 2.94 bits per heavy atom. The Bertz CT molecular complexity index is 710. The van der Waals surface area contributed by atoms with Crippen LogP contribution in [0.3, 0.4) is 0 Å². The molecule has 3 aromatic heterocycles. The van der Waals surface area contributed by atoms with Crippen molar-refractivity contribution in [3.8, 4) is 0 Å². The van der Waals surface area contributed by atoms with E-state index in [0.29, 0.717) is 22.2 Å². The highest BCUT2D eigenvalue weighted by Crippen LogP contribution is 2.34. The van der Waals surface area contributed by atoms with Crippen molar-refractivity contribution in [1.29, 1.82) is 0 Å². The van der Waals surface area contributed by atoms with Gasteiger partial charge in [-0.25, -0.2) is 0 Å². The van der Waals surface area contributed by atoms with E-state index < -0.39 is 0 Å². The molecule has 0 fully saturated rings. The fourth-order valence-electron chi connectivity index (χ4n) is 1.72. The Hall–Kier alpha value is -2.27. The number of nitrogens with zero attached hydrogens (tertiary/aromatic N) is 2. The first kappa shape index (κ1) is 10.9. The van der Waals surface area contributed by atoms with Crippen LogP contribution >= 0.6 is 11.6 Å². The largest absolute Gasteiger partial charge is 0.437 e. The van der Waals surface area contributed by atoms with Gasteiger partial charge in [-0.05, 0) is 12.1 Å². The quantitative estimate of drug-likeness (QED) is 0.740. The molecule has 5 nitrogen and oxygen atoms in total. The van der Waals surface area contributed by atoms with Gasteiger partial charge in [-0.1, -0.05) is 11.6 Å². The Kier molecular flexibility index (Phi) is 2.53. The Morgan fingerprint density at radius 2 is 2.11 bits per heavy atom. The zero-order valence-corrected chi connectivity index (χ0v) is 9.98. The molecule has 0 radical (unpaired) electrons. The highest BCUT2D eigenvalue weighted by atomic mass is 35.5. The molecule has 3 aromatic rings. The lowest BCUT2D eigenvalue weighted by Gasteiger charge is -2.04. The van der Waals surface area contributed by atoms with Crippen molar-refractivity contribution >= 4 is 39.8 Å². The molecular weight excluding hydrogens is 252 g/mol. The van der Waals surface area contributed by atoms with E-state index >= 15 is 0 Å². The van der Waals surface area contributed by atoms with Crippen LogP contribution in [0.25, 0.3) is 11.0 Å². The first-order valence-electron chi connectivity index (χ1n) is 5.23. The number of rotatable bonds is 2. The molecule has 3 rings (SSSR count). The second kappa shape index (κ2) is 4.19. The van der Waals surface area contributed by atoms with Crippen LogP contribution in [-0.4, -0.2) is 9.97 Å². The van der Waals surface area contributed by atoms with Gasteiger partial charge in [-0.15, -0.1) is 0 Å². The monoisotopic (exact) mass is 260 g/mol.